The molecule has 80 valence electrons. The zero-order valence-electron chi connectivity index (χ0n) is 9.03. The number of hydrogen-bond acceptors (Lipinski definition) is 2. The van der Waals surface area contributed by atoms with Gasteiger partial charge >= 0.3 is 5.97 Å². The summed E-state index contributed by atoms with van der Waals surface area (Å²) in [5, 5.41) is 8.86. The Kier molecular flexibility index (Phi) is 2.47. The Hall–Kier alpha value is -1.38. The van der Waals surface area contributed by atoms with Crippen molar-refractivity contribution in [2.24, 2.45) is 5.92 Å². The zero-order chi connectivity index (χ0) is 11.0. The summed E-state index contributed by atoms with van der Waals surface area (Å²) in [6.45, 7) is 4.39. The van der Waals surface area contributed by atoms with E-state index in [1.54, 1.807) is 6.07 Å². The number of aryl methyl sites for hydroxylation is 1. The topological polar surface area (TPSA) is 50.2 Å². The third-order valence-electron chi connectivity index (χ3n) is 3.40. The van der Waals surface area contributed by atoms with Crippen molar-refractivity contribution in [3.05, 3.63) is 29.1 Å². The van der Waals surface area contributed by atoms with Gasteiger partial charge in [-0.15, -0.1) is 0 Å². The summed E-state index contributed by atoms with van der Waals surface area (Å²) in [4.78, 5) is 15.1. The highest BCUT2D eigenvalue weighted by Crippen LogP contribution is 2.34. The van der Waals surface area contributed by atoms with E-state index >= 15 is 0 Å². The van der Waals surface area contributed by atoms with Gasteiger partial charge in [0, 0.05) is 17.8 Å². The summed E-state index contributed by atoms with van der Waals surface area (Å²) >= 11 is 0. The van der Waals surface area contributed by atoms with Gasteiger partial charge in [0.05, 0.1) is 5.56 Å². The van der Waals surface area contributed by atoms with Crippen molar-refractivity contribution in [3.8, 4) is 0 Å². The number of nitrogens with zero attached hydrogens (tertiary/aromatic N) is 1. The summed E-state index contributed by atoms with van der Waals surface area (Å²) in [5.41, 5.74) is 2.50. The maximum atomic E-state index is 10.8. The van der Waals surface area contributed by atoms with Crippen LogP contribution in [0, 0.1) is 5.92 Å². The summed E-state index contributed by atoms with van der Waals surface area (Å²) in [6.07, 6.45) is 3.55. The van der Waals surface area contributed by atoms with Gasteiger partial charge in [0.25, 0.3) is 0 Å². The molecule has 0 saturated carbocycles. The minimum Gasteiger partial charge on any atom is -0.478 e. The fraction of sp³-hybridized carbons (Fsp3) is 0.500. The highest BCUT2D eigenvalue weighted by Gasteiger charge is 2.24. The quantitative estimate of drug-likeness (QED) is 0.766. The summed E-state index contributed by atoms with van der Waals surface area (Å²) < 4.78 is 0. The largest absolute Gasteiger partial charge is 0.478 e. The van der Waals surface area contributed by atoms with Crippen LogP contribution in [0.15, 0.2) is 12.3 Å². The Morgan fingerprint density at radius 1 is 1.53 bits per heavy atom. The number of aromatic carboxylic acids is 1. The molecule has 1 aromatic rings. The van der Waals surface area contributed by atoms with Crippen LogP contribution in [0.2, 0.25) is 0 Å². The zero-order valence-corrected chi connectivity index (χ0v) is 9.03. The van der Waals surface area contributed by atoms with E-state index in [0.717, 1.165) is 24.1 Å². The highest BCUT2D eigenvalue weighted by molar-refractivity contribution is 5.87. The van der Waals surface area contributed by atoms with Crippen LogP contribution in [-0.4, -0.2) is 16.1 Å². The molecule has 0 bridgehead atoms. The number of aromatic nitrogens is 1. The molecule has 0 spiro atoms. The molecule has 0 amide bonds. The number of carboxylic acid groups (broad SMARTS) is 1. The number of carboxylic acids is 1. The first-order valence-corrected chi connectivity index (χ1v) is 5.31. The number of fused-ring (bicyclic) bond motifs is 1. The number of pyridine rings is 1. The van der Waals surface area contributed by atoms with Crippen LogP contribution in [0.5, 0.6) is 0 Å². The van der Waals surface area contributed by atoms with Crippen LogP contribution < -0.4 is 0 Å². The second-order valence-electron chi connectivity index (χ2n) is 4.38. The number of carbonyl (C=O) groups is 1. The lowest BCUT2D eigenvalue weighted by Gasteiger charge is -2.27. The van der Waals surface area contributed by atoms with Gasteiger partial charge in [-0.1, -0.05) is 13.8 Å². The van der Waals surface area contributed by atoms with Crippen LogP contribution in [-0.2, 0) is 6.42 Å². The second kappa shape index (κ2) is 3.65. The molecule has 2 atom stereocenters. The van der Waals surface area contributed by atoms with Crippen LogP contribution in [0.3, 0.4) is 0 Å². The van der Waals surface area contributed by atoms with Gasteiger partial charge in [-0.25, -0.2) is 4.79 Å². The Morgan fingerprint density at radius 3 is 2.93 bits per heavy atom. The maximum Gasteiger partial charge on any atom is 0.337 e. The molecule has 2 rings (SSSR count). The Balaban J connectivity index is 2.42. The van der Waals surface area contributed by atoms with Gasteiger partial charge in [-0.05, 0) is 30.4 Å². The van der Waals surface area contributed by atoms with Crippen LogP contribution in [0.1, 0.15) is 47.8 Å². The molecular formula is C12H15NO2. The van der Waals surface area contributed by atoms with E-state index in [4.69, 9.17) is 5.11 Å². The minimum absolute atomic E-state index is 0.301. The lowest BCUT2D eigenvalue weighted by atomic mass is 9.80. The fourth-order valence-electron chi connectivity index (χ4n) is 2.15. The Morgan fingerprint density at radius 2 is 2.27 bits per heavy atom. The van der Waals surface area contributed by atoms with E-state index in [9.17, 15) is 4.79 Å². The molecule has 1 heterocycles. The van der Waals surface area contributed by atoms with Crippen molar-refractivity contribution in [1.82, 2.24) is 4.98 Å². The van der Waals surface area contributed by atoms with Crippen molar-refractivity contribution >= 4 is 5.97 Å². The van der Waals surface area contributed by atoms with E-state index in [0.29, 0.717) is 17.4 Å². The molecular weight excluding hydrogens is 190 g/mol. The first kappa shape index (κ1) is 10.1. The number of hydrogen-bond donors (Lipinski definition) is 1. The normalized spacial score (nSPS) is 24.7. The van der Waals surface area contributed by atoms with Crippen molar-refractivity contribution in [3.63, 3.8) is 0 Å². The van der Waals surface area contributed by atoms with E-state index in [1.165, 1.54) is 6.20 Å². The molecule has 2 unspecified atom stereocenters. The van der Waals surface area contributed by atoms with Crippen molar-refractivity contribution in [2.45, 2.75) is 32.6 Å². The SMILES string of the molecule is CC1CCc2cc(C(=O)O)cnc2C1C. The number of rotatable bonds is 1. The molecule has 0 radical (unpaired) electrons. The third kappa shape index (κ3) is 1.74. The van der Waals surface area contributed by atoms with E-state index in [-0.39, 0.29) is 0 Å². The van der Waals surface area contributed by atoms with Crippen LogP contribution >= 0.6 is 0 Å². The Labute approximate surface area is 89.2 Å². The monoisotopic (exact) mass is 205 g/mol. The first-order valence-electron chi connectivity index (χ1n) is 5.31. The van der Waals surface area contributed by atoms with Gasteiger partial charge in [-0.3, -0.25) is 4.98 Å². The van der Waals surface area contributed by atoms with Crippen molar-refractivity contribution < 1.29 is 9.90 Å². The van der Waals surface area contributed by atoms with Gasteiger partial charge in [0.15, 0.2) is 0 Å². The molecule has 0 aliphatic heterocycles. The average molecular weight is 205 g/mol. The van der Waals surface area contributed by atoms with Crippen LogP contribution in [0.4, 0.5) is 0 Å². The molecule has 1 aliphatic carbocycles. The van der Waals surface area contributed by atoms with E-state index in [1.807, 2.05) is 0 Å². The average Bonchev–Trinajstić information content (AvgIpc) is 2.23. The first-order chi connectivity index (χ1) is 7.09. The standard InChI is InChI=1S/C12H15NO2/c1-7-3-4-9-5-10(12(14)15)6-13-11(9)8(7)2/h5-8H,3-4H2,1-2H3,(H,14,15). The molecule has 0 fully saturated rings. The smallest absolute Gasteiger partial charge is 0.337 e. The molecule has 0 aromatic carbocycles. The molecule has 1 N–H and O–H groups in total. The summed E-state index contributed by atoms with van der Waals surface area (Å²) in [7, 11) is 0. The van der Waals surface area contributed by atoms with Gasteiger partial charge < -0.3 is 5.11 Å². The molecule has 3 nitrogen and oxygen atoms in total. The highest BCUT2D eigenvalue weighted by atomic mass is 16.4. The molecule has 15 heavy (non-hydrogen) atoms. The molecule has 3 heteroatoms. The van der Waals surface area contributed by atoms with Crippen molar-refractivity contribution in [2.75, 3.05) is 0 Å². The molecule has 1 aliphatic rings. The van der Waals surface area contributed by atoms with Gasteiger partial charge in [0.2, 0.25) is 0 Å². The predicted molar refractivity (Wildman–Crippen MR) is 57.1 cm³/mol. The van der Waals surface area contributed by atoms with Crippen LogP contribution in [0.25, 0.3) is 0 Å². The summed E-state index contributed by atoms with van der Waals surface area (Å²) in [6, 6.07) is 1.77. The van der Waals surface area contributed by atoms with Gasteiger partial charge in [0.1, 0.15) is 0 Å². The molecule has 0 saturated heterocycles. The molecule has 1 aromatic heterocycles. The van der Waals surface area contributed by atoms with Crippen molar-refractivity contribution in [1.29, 1.82) is 0 Å². The maximum absolute atomic E-state index is 10.8. The minimum atomic E-state index is -0.892. The van der Waals surface area contributed by atoms with E-state index < -0.39 is 5.97 Å². The Bertz CT molecular complexity index is 401. The van der Waals surface area contributed by atoms with E-state index in [2.05, 4.69) is 18.8 Å². The fourth-order valence-corrected chi connectivity index (χ4v) is 2.15. The summed E-state index contributed by atoms with van der Waals surface area (Å²) in [5.74, 6) is 0.189. The lowest BCUT2D eigenvalue weighted by molar-refractivity contribution is 0.0696. The predicted octanol–water partition coefficient (Wildman–Crippen LogP) is 2.47. The second-order valence-corrected chi connectivity index (χ2v) is 4.38. The third-order valence-corrected chi connectivity index (χ3v) is 3.40. The lowest BCUT2D eigenvalue weighted by Crippen LogP contribution is -2.18. The van der Waals surface area contributed by atoms with Gasteiger partial charge in [-0.2, -0.15) is 0 Å².